The number of carbonyl (C=O) groups excluding carboxylic acids is 1. The number of fused-ring (bicyclic) bond motifs is 1. The molecule has 0 aliphatic heterocycles. The first-order valence-electron chi connectivity index (χ1n) is 12.2. The minimum absolute atomic E-state index is 0. The van der Waals surface area contributed by atoms with Crippen LogP contribution >= 0.6 is 0 Å². The molecule has 0 fully saturated rings. The van der Waals surface area contributed by atoms with E-state index >= 15 is 0 Å². The van der Waals surface area contributed by atoms with Crippen LogP contribution in [0.1, 0.15) is 51.2 Å². The molecule has 2 aromatic carbocycles. The highest BCUT2D eigenvalue weighted by atomic mass is 16.5. The zero-order valence-corrected chi connectivity index (χ0v) is 21.5. The molecule has 8 heteroatoms. The van der Waals surface area contributed by atoms with E-state index in [2.05, 4.69) is 54.6 Å². The van der Waals surface area contributed by atoms with Gasteiger partial charge in [0.25, 0.3) is 5.91 Å². The minimum atomic E-state index is -0.277. The molecule has 0 saturated heterocycles. The number of ether oxygens (including phenoxy) is 2. The lowest BCUT2D eigenvalue weighted by Crippen LogP contribution is -2.27. The first-order chi connectivity index (χ1) is 17.4. The molecule has 2 N–H and O–H groups in total. The maximum atomic E-state index is 12.3. The molecule has 0 atom stereocenters. The highest BCUT2D eigenvalue weighted by Crippen LogP contribution is 2.30. The lowest BCUT2D eigenvalue weighted by atomic mass is 9.95. The number of aryl methyl sites for hydroxylation is 2. The third-order valence-electron chi connectivity index (χ3n) is 6.05. The second kappa shape index (κ2) is 11.2. The number of rotatable bonds is 10. The van der Waals surface area contributed by atoms with E-state index in [0.29, 0.717) is 30.6 Å². The number of imidazole rings is 1. The van der Waals surface area contributed by atoms with E-state index in [-0.39, 0.29) is 14.5 Å². The van der Waals surface area contributed by atoms with Gasteiger partial charge in [0.05, 0.1) is 17.6 Å². The summed E-state index contributed by atoms with van der Waals surface area (Å²) >= 11 is 0. The Morgan fingerprint density at radius 3 is 2.67 bits per heavy atom. The second-order valence-electron chi connectivity index (χ2n) is 8.92. The van der Waals surface area contributed by atoms with Gasteiger partial charge < -0.3 is 24.7 Å². The van der Waals surface area contributed by atoms with E-state index in [1.807, 2.05) is 29.8 Å². The van der Waals surface area contributed by atoms with E-state index < -0.39 is 0 Å². The molecule has 8 nitrogen and oxygen atoms in total. The number of nitrogens with one attached hydrogen (secondary N) is 2. The van der Waals surface area contributed by atoms with Crippen LogP contribution in [0, 0.1) is 0 Å². The van der Waals surface area contributed by atoms with Gasteiger partial charge in [0, 0.05) is 47.6 Å². The van der Waals surface area contributed by atoms with Crippen LogP contribution in [-0.4, -0.2) is 40.7 Å². The number of methoxy groups -OCH3 is 1. The molecule has 2 aromatic heterocycles. The molecule has 2 heterocycles. The predicted molar refractivity (Wildman–Crippen MR) is 147 cm³/mol. The summed E-state index contributed by atoms with van der Waals surface area (Å²) in [6.07, 6.45) is 2.57. The van der Waals surface area contributed by atoms with Gasteiger partial charge in [-0.15, -0.1) is 0 Å². The number of hydrogen-bond donors (Lipinski definition) is 2. The molecule has 192 valence electrons. The van der Waals surface area contributed by atoms with Crippen molar-refractivity contribution >= 4 is 28.6 Å². The van der Waals surface area contributed by atoms with Gasteiger partial charge in [0.1, 0.15) is 17.2 Å². The van der Waals surface area contributed by atoms with Crippen molar-refractivity contribution < 1.29 is 17.1 Å². The van der Waals surface area contributed by atoms with E-state index in [1.165, 1.54) is 11.1 Å². The van der Waals surface area contributed by atoms with Crippen LogP contribution in [0.3, 0.4) is 0 Å². The third kappa shape index (κ3) is 5.66. The van der Waals surface area contributed by atoms with Gasteiger partial charge in [0.15, 0.2) is 0 Å². The van der Waals surface area contributed by atoms with Gasteiger partial charge >= 0.3 is 0 Å². The third-order valence-corrected chi connectivity index (χ3v) is 6.05. The molecular formula is C28H37N5O3. The molecule has 0 aliphatic carbocycles. The SMILES string of the molecule is CCc1ccc(Nc2nc3cc(Oc4ccnc(C(=O)NCCOC)c4)ccc3n2C)cc1C(C)C.[HH].[HH]. The quantitative estimate of drug-likeness (QED) is 0.262. The number of nitrogens with zero attached hydrogens (tertiary/aromatic N) is 3. The monoisotopic (exact) mass is 491 g/mol. The molecule has 36 heavy (non-hydrogen) atoms. The number of anilines is 2. The van der Waals surface area contributed by atoms with Crippen LogP contribution in [0.4, 0.5) is 11.6 Å². The van der Waals surface area contributed by atoms with Crippen LogP contribution in [0.25, 0.3) is 11.0 Å². The first kappa shape index (κ1) is 25.2. The topological polar surface area (TPSA) is 90.3 Å². The molecule has 0 saturated carbocycles. The van der Waals surface area contributed by atoms with E-state index in [9.17, 15) is 4.79 Å². The van der Waals surface area contributed by atoms with E-state index in [0.717, 1.165) is 29.1 Å². The van der Waals surface area contributed by atoms with Crippen molar-refractivity contribution in [3.63, 3.8) is 0 Å². The number of hydrogen-bond acceptors (Lipinski definition) is 6. The normalized spacial score (nSPS) is 11.2. The van der Waals surface area contributed by atoms with Crippen LogP contribution < -0.4 is 15.4 Å². The maximum absolute atomic E-state index is 12.3. The Kier molecular flexibility index (Phi) is 7.85. The Bertz CT molecular complexity index is 1370. The number of aromatic nitrogens is 3. The smallest absolute Gasteiger partial charge is 0.270 e. The Balaban J connectivity index is 0.00000253. The Morgan fingerprint density at radius 1 is 1.11 bits per heavy atom. The molecule has 4 rings (SSSR count). The van der Waals surface area contributed by atoms with Crippen LogP contribution in [0.15, 0.2) is 54.7 Å². The molecule has 0 unspecified atom stereocenters. The van der Waals surface area contributed by atoms with Gasteiger partial charge in [-0.3, -0.25) is 9.78 Å². The van der Waals surface area contributed by atoms with Crippen LogP contribution in [0.2, 0.25) is 0 Å². The summed E-state index contributed by atoms with van der Waals surface area (Å²) in [7, 11) is 3.57. The standard InChI is InChI=1S/C28H33N5O3.2H2/c1-6-19-7-8-20(15-23(19)18(2)3)31-28-32-24-16-21(9-10-26(24)33(28)4)36-22-11-12-29-25(17-22)27(34)30-13-14-35-5;;/h7-12,15-18H,6,13-14H2,1-5H3,(H,30,34)(H,31,32);2*1H. The summed E-state index contributed by atoms with van der Waals surface area (Å²) in [6.45, 7) is 7.47. The first-order valence-corrected chi connectivity index (χ1v) is 12.2. The van der Waals surface area contributed by atoms with Crippen molar-refractivity contribution in [3.8, 4) is 11.5 Å². The highest BCUT2D eigenvalue weighted by molar-refractivity contribution is 5.92. The number of pyridine rings is 1. The summed E-state index contributed by atoms with van der Waals surface area (Å²) < 4.78 is 13.0. The Morgan fingerprint density at radius 2 is 1.92 bits per heavy atom. The summed E-state index contributed by atoms with van der Waals surface area (Å²) in [5.74, 6) is 2.07. The summed E-state index contributed by atoms with van der Waals surface area (Å²) in [4.78, 5) is 21.2. The number of carbonyl (C=O) groups is 1. The zero-order chi connectivity index (χ0) is 25.7. The fraction of sp³-hybridized carbons (Fsp3) is 0.321. The van der Waals surface area contributed by atoms with Crippen molar-refractivity contribution in [2.75, 3.05) is 25.6 Å². The van der Waals surface area contributed by atoms with Gasteiger partial charge in [-0.25, -0.2) is 4.98 Å². The zero-order valence-electron chi connectivity index (χ0n) is 21.5. The van der Waals surface area contributed by atoms with Crippen molar-refractivity contribution in [3.05, 3.63) is 71.5 Å². The molecule has 0 aliphatic rings. The Labute approximate surface area is 214 Å². The number of amides is 1. The molecule has 4 aromatic rings. The maximum Gasteiger partial charge on any atom is 0.270 e. The Hall–Kier alpha value is -3.91. The summed E-state index contributed by atoms with van der Waals surface area (Å²) in [5, 5.41) is 6.23. The van der Waals surface area contributed by atoms with Crippen LogP contribution in [-0.2, 0) is 18.2 Å². The fourth-order valence-electron chi connectivity index (χ4n) is 4.11. The summed E-state index contributed by atoms with van der Waals surface area (Å²) in [5.41, 5.74) is 5.79. The average molecular weight is 492 g/mol. The minimum Gasteiger partial charge on any atom is -0.457 e. The predicted octanol–water partition coefficient (Wildman–Crippen LogP) is 6.06. The second-order valence-corrected chi connectivity index (χ2v) is 8.92. The lowest BCUT2D eigenvalue weighted by Gasteiger charge is -2.14. The molecule has 0 spiro atoms. The molecule has 0 bridgehead atoms. The highest BCUT2D eigenvalue weighted by Gasteiger charge is 2.13. The van der Waals surface area contributed by atoms with Gasteiger partial charge in [0.2, 0.25) is 5.95 Å². The summed E-state index contributed by atoms with van der Waals surface area (Å²) in [6, 6.07) is 15.6. The van der Waals surface area contributed by atoms with Crippen molar-refractivity contribution in [2.24, 2.45) is 7.05 Å². The van der Waals surface area contributed by atoms with Crippen LogP contribution in [0.5, 0.6) is 11.5 Å². The van der Waals surface area contributed by atoms with Crippen molar-refractivity contribution in [1.82, 2.24) is 19.9 Å². The average Bonchev–Trinajstić information content (AvgIpc) is 3.18. The molecular weight excluding hydrogens is 454 g/mol. The fourth-order valence-corrected chi connectivity index (χ4v) is 4.11. The largest absolute Gasteiger partial charge is 0.457 e. The van der Waals surface area contributed by atoms with Crippen molar-refractivity contribution in [2.45, 2.75) is 33.1 Å². The van der Waals surface area contributed by atoms with E-state index in [4.69, 9.17) is 14.5 Å². The van der Waals surface area contributed by atoms with Gasteiger partial charge in [-0.05, 0) is 53.8 Å². The van der Waals surface area contributed by atoms with Gasteiger partial charge in [-0.2, -0.15) is 0 Å². The van der Waals surface area contributed by atoms with Crippen molar-refractivity contribution in [1.29, 1.82) is 0 Å². The van der Waals surface area contributed by atoms with Gasteiger partial charge in [-0.1, -0.05) is 26.8 Å². The lowest BCUT2D eigenvalue weighted by molar-refractivity contribution is 0.0932. The van der Waals surface area contributed by atoms with E-state index in [1.54, 1.807) is 25.4 Å². The molecule has 0 radical (unpaired) electrons. The molecule has 1 amide bonds. The number of benzene rings is 2.